The van der Waals surface area contributed by atoms with Crippen LogP contribution < -0.4 is 11.3 Å². The summed E-state index contributed by atoms with van der Waals surface area (Å²) in [6.07, 6.45) is 15.1. The molecule has 0 aromatic carbocycles. The van der Waals surface area contributed by atoms with E-state index in [1.165, 1.54) is 70.6 Å². The molecule has 1 saturated heterocycles. The summed E-state index contributed by atoms with van der Waals surface area (Å²) in [6, 6.07) is 0.499. The van der Waals surface area contributed by atoms with Gasteiger partial charge in [-0.1, -0.05) is 32.1 Å². The summed E-state index contributed by atoms with van der Waals surface area (Å²) in [5.41, 5.74) is 3.03. The molecule has 18 heavy (non-hydrogen) atoms. The lowest BCUT2D eigenvalue weighted by Gasteiger charge is -2.28. The molecule has 0 spiro atoms. The van der Waals surface area contributed by atoms with Crippen molar-refractivity contribution in [2.75, 3.05) is 6.61 Å². The second-order valence-electron chi connectivity index (χ2n) is 6.17. The zero-order valence-corrected chi connectivity index (χ0v) is 11.7. The first-order chi connectivity index (χ1) is 8.88. The summed E-state index contributed by atoms with van der Waals surface area (Å²) < 4.78 is 5.79. The first-order valence-electron chi connectivity index (χ1n) is 7.96. The molecule has 3 N–H and O–H groups in total. The Morgan fingerprint density at radius 3 is 2.50 bits per heavy atom. The Kier molecular flexibility index (Phi) is 6.46. The molecule has 2 unspecified atom stereocenters. The van der Waals surface area contributed by atoms with Gasteiger partial charge in [0.2, 0.25) is 0 Å². The summed E-state index contributed by atoms with van der Waals surface area (Å²) in [5, 5.41) is 0. The molecule has 0 aromatic heterocycles. The number of nitrogens with one attached hydrogen (secondary N) is 1. The van der Waals surface area contributed by atoms with E-state index >= 15 is 0 Å². The fourth-order valence-corrected chi connectivity index (χ4v) is 3.52. The molecule has 1 aliphatic heterocycles. The van der Waals surface area contributed by atoms with Crippen LogP contribution in [0.15, 0.2) is 0 Å². The van der Waals surface area contributed by atoms with Crippen molar-refractivity contribution in [2.24, 2.45) is 11.8 Å². The molecule has 0 aromatic rings. The van der Waals surface area contributed by atoms with E-state index < -0.39 is 0 Å². The van der Waals surface area contributed by atoms with Crippen LogP contribution in [-0.4, -0.2) is 18.8 Å². The topological polar surface area (TPSA) is 47.3 Å². The molecule has 2 aliphatic rings. The maximum atomic E-state index is 5.79. The third-order valence-corrected chi connectivity index (χ3v) is 4.69. The molecular formula is C15H30N2O. The summed E-state index contributed by atoms with van der Waals surface area (Å²) in [6.45, 7) is 0.966. The van der Waals surface area contributed by atoms with Gasteiger partial charge in [0.05, 0.1) is 6.10 Å². The van der Waals surface area contributed by atoms with Crippen molar-refractivity contribution in [1.82, 2.24) is 5.43 Å². The molecule has 106 valence electrons. The zero-order valence-electron chi connectivity index (χ0n) is 11.7. The molecule has 1 heterocycles. The molecule has 2 rings (SSSR count). The van der Waals surface area contributed by atoms with Crippen LogP contribution in [0.5, 0.6) is 0 Å². The van der Waals surface area contributed by atoms with E-state index in [0.29, 0.717) is 12.1 Å². The highest BCUT2D eigenvalue weighted by molar-refractivity contribution is 4.75. The Hall–Kier alpha value is -0.120. The minimum absolute atomic E-state index is 0.499. The fraction of sp³-hybridized carbons (Fsp3) is 1.00. The fourth-order valence-electron chi connectivity index (χ4n) is 3.52. The van der Waals surface area contributed by atoms with Gasteiger partial charge < -0.3 is 4.74 Å². The van der Waals surface area contributed by atoms with Gasteiger partial charge in [-0.15, -0.1) is 0 Å². The van der Waals surface area contributed by atoms with Crippen molar-refractivity contribution in [3.63, 3.8) is 0 Å². The lowest BCUT2D eigenvalue weighted by Crippen LogP contribution is -2.38. The minimum Gasteiger partial charge on any atom is -0.378 e. The second kappa shape index (κ2) is 8.13. The Morgan fingerprint density at radius 1 is 1.06 bits per heavy atom. The molecule has 1 saturated carbocycles. The first kappa shape index (κ1) is 14.3. The predicted molar refractivity (Wildman–Crippen MR) is 75.1 cm³/mol. The first-order valence-corrected chi connectivity index (χ1v) is 7.96. The number of hydrogen-bond donors (Lipinski definition) is 2. The molecule has 0 amide bonds. The molecular weight excluding hydrogens is 224 g/mol. The van der Waals surface area contributed by atoms with Crippen molar-refractivity contribution in [3.05, 3.63) is 0 Å². The van der Waals surface area contributed by atoms with Gasteiger partial charge in [0.1, 0.15) is 0 Å². The zero-order chi connectivity index (χ0) is 12.6. The van der Waals surface area contributed by atoms with E-state index in [2.05, 4.69) is 5.43 Å². The van der Waals surface area contributed by atoms with Crippen molar-refractivity contribution in [2.45, 2.75) is 82.8 Å². The highest BCUT2D eigenvalue weighted by Gasteiger charge is 2.20. The van der Waals surface area contributed by atoms with Crippen LogP contribution in [0, 0.1) is 5.92 Å². The standard InChI is InChI=1S/C15H30N2O/c16-17-14(12-13-6-2-1-3-7-13)9-10-15-8-4-5-11-18-15/h13-15,17H,1-12,16H2. The Morgan fingerprint density at radius 2 is 1.83 bits per heavy atom. The van der Waals surface area contributed by atoms with Crippen molar-refractivity contribution in [3.8, 4) is 0 Å². The molecule has 2 fully saturated rings. The number of rotatable bonds is 6. The number of hydrogen-bond acceptors (Lipinski definition) is 3. The SMILES string of the molecule is NNC(CCC1CCCCO1)CC1CCCCC1. The highest BCUT2D eigenvalue weighted by atomic mass is 16.5. The van der Waals surface area contributed by atoms with Crippen LogP contribution >= 0.6 is 0 Å². The van der Waals surface area contributed by atoms with Gasteiger partial charge in [0.15, 0.2) is 0 Å². The summed E-state index contributed by atoms with van der Waals surface area (Å²) in [7, 11) is 0. The summed E-state index contributed by atoms with van der Waals surface area (Å²) in [5.74, 6) is 6.62. The largest absolute Gasteiger partial charge is 0.378 e. The predicted octanol–water partition coefficient (Wildman–Crippen LogP) is 3.14. The summed E-state index contributed by atoms with van der Waals surface area (Å²) >= 11 is 0. The number of nitrogens with two attached hydrogens (primary N) is 1. The van der Waals surface area contributed by atoms with Gasteiger partial charge in [-0.2, -0.15) is 0 Å². The van der Waals surface area contributed by atoms with Crippen molar-refractivity contribution < 1.29 is 4.74 Å². The maximum absolute atomic E-state index is 5.79. The van der Waals surface area contributed by atoms with Gasteiger partial charge in [0.25, 0.3) is 0 Å². The van der Waals surface area contributed by atoms with Crippen LogP contribution in [0.3, 0.4) is 0 Å². The van der Waals surface area contributed by atoms with Gasteiger partial charge in [0, 0.05) is 12.6 Å². The van der Waals surface area contributed by atoms with E-state index in [-0.39, 0.29) is 0 Å². The second-order valence-corrected chi connectivity index (χ2v) is 6.17. The Balaban J connectivity index is 1.64. The maximum Gasteiger partial charge on any atom is 0.0575 e. The molecule has 2 atom stereocenters. The quantitative estimate of drug-likeness (QED) is 0.565. The van der Waals surface area contributed by atoms with E-state index in [0.717, 1.165) is 12.5 Å². The Bertz CT molecular complexity index is 211. The minimum atomic E-state index is 0.499. The van der Waals surface area contributed by atoms with Crippen LogP contribution in [0.1, 0.15) is 70.6 Å². The number of hydrazine groups is 1. The smallest absolute Gasteiger partial charge is 0.0575 e. The van der Waals surface area contributed by atoms with E-state index in [9.17, 15) is 0 Å². The average molecular weight is 254 g/mol. The van der Waals surface area contributed by atoms with Crippen LogP contribution in [0.25, 0.3) is 0 Å². The van der Waals surface area contributed by atoms with E-state index in [4.69, 9.17) is 10.6 Å². The third-order valence-electron chi connectivity index (χ3n) is 4.69. The van der Waals surface area contributed by atoms with Gasteiger partial charge >= 0.3 is 0 Å². The lowest BCUT2D eigenvalue weighted by atomic mass is 9.84. The van der Waals surface area contributed by atoms with Crippen molar-refractivity contribution in [1.29, 1.82) is 0 Å². The lowest BCUT2D eigenvalue weighted by molar-refractivity contribution is 0.00807. The molecule has 0 bridgehead atoms. The Labute approximate surface area is 112 Å². The molecule has 0 radical (unpaired) electrons. The van der Waals surface area contributed by atoms with Gasteiger partial charge in [-0.3, -0.25) is 11.3 Å². The monoisotopic (exact) mass is 254 g/mol. The normalized spacial score (nSPS) is 28.2. The van der Waals surface area contributed by atoms with E-state index in [1.54, 1.807) is 0 Å². The number of ether oxygens (including phenoxy) is 1. The van der Waals surface area contributed by atoms with Crippen molar-refractivity contribution >= 4 is 0 Å². The van der Waals surface area contributed by atoms with Crippen LogP contribution in [0.4, 0.5) is 0 Å². The highest BCUT2D eigenvalue weighted by Crippen LogP contribution is 2.28. The van der Waals surface area contributed by atoms with Gasteiger partial charge in [-0.25, -0.2) is 0 Å². The molecule has 3 heteroatoms. The van der Waals surface area contributed by atoms with E-state index in [1.807, 2.05) is 0 Å². The molecule has 1 aliphatic carbocycles. The summed E-state index contributed by atoms with van der Waals surface area (Å²) in [4.78, 5) is 0. The van der Waals surface area contributed by atoms with Crippen LogP contribution in [-0.2, 0) is 4.74 Å². The average Bonchev–Trinajstić information content (AvgIpc) is 2.45. The van der Waals surface area contributed by atoms with Crippen LogP contribution in [0.2, 0.25) is 0 Å². The third kappa shape index (κ3) is 4.87. The van der Waals surface area contributed by atoms with Gasteiger partial charge in [-0.05, 0) is 44.4 Å². The molecule has 3 nitrogen and oxygen atoms in total.